The van der Waals surface area contributed by atoms with E-state index in [1.165, 1.54) is 16.7 Å². The Morgan fingerprint density at radius 2 is 0.730 bits per heavy atom. The van der Waals surface area contributed by atoms with Crippen LogP contribution in [0.5, 0.6) is 0 Å². The molecule has 0 aromatic heterocycles. The summed E-state index contributed by atoms with van der Waals surface area (Å²) in [6.45, 7) is 8.31. The van der Waals surface area contributed by atoms with Crippen LogP contribution < -0.4 is 5.46 Å². The van der Waals surface area contributed by atoms with Gasteiger partial charge in [-0.05, 0) is 77.7 Å². The molecule has 0 atom stereocenters. The SMILES string of the molecule is Cc1ccc(-c2cc(B(O)O)c(-c3ccc(C)cc3)c(-c3ccc(C)cc3)c2-c2ccc(C)cc2)cc1. The number of rotatable bonds is 5. The lowest BCUT2D eigenvalue weighted by Gasteiger charge is -2.24. The first-order valence-electron chi connectivity index (χ1n) is 12.7. The Labute approximate surface area is 220 Å². The lowest BCUT2D eigenvalue weighted by Crippen LogP contribution is -2.32. The summed E-state index contributed by atoms with van der Waals surface area (Å²) >= 11 is 0. The van der Waals surface area contributed by atoms with Gasteiger partial charge >= 0.3 is 7.12 Å². The molecule has 0 saturated carbocycles. The van der Waals surface area contributed by atoms with Gasteiger partial charge < -0.3 is 10.0 Å². The van der Waals surface area contributed by atoms with E-state index in [1.54, 1.807) is 0 Å². The van der Waals surface area contributed by atoms with Gasteiger partial charge in [0, 0.05) is 0 Å². The molecule has 0 fully saturated rings. The molecule has 0 radical (unpaired) electrons. The van der Waals surface area contributed by atoms with Crippen LogP contribution in [0.25, 0.3) is 44.5 Å². The van der Waals surface area contributed by atoms with E-state index in [9.17, 15) is 10.0 Å². The number of hydrogen-bond donors (Lipinski definition) is 2. The molecule has 5 rings (SSSR count). The number of benzene rings is 5. The summed E-state index contributed by atoms with van der Waals surface area (Å²) in [6, 6.07) is 35.7. The summed E-state index contributed by atoms with van der Waals surface area (Å²) in [5.41, 5.74) is 13.2. The van der Waals surface area contributed by atoms with Gasteiger partial charge in [-0.15, -0.1) is 0 Å². The van der Waals surface area contributed by atoms with E-state index >= 15 is 0 Å². The van der Waals surface area contributed by atoms with Crippen molar-refractivity contribution in [2.45, 2.75) is 27.7 Å². The zero-order valence-corrected chi connectivity index (χ0v) is 21.8. The third kappa shape index (κ3) is 5.02. The van der Waals surface area contributed by atoms with Crippen LogP contribution in [-0.4, -0.2) is 17.2 Å². The largest absolute Gasteiger partial charge is 0.489 e. The average molecular weight is 482 g/mol. The molecule has 5 aromatic rings. The molecule has 0 amide bonds. The quantitative estimate of drug-likeness (QED) is 0.259. The minimum Gasteiger partial charge on any atom is -0.423 e. The van der Waals surface area contributed by atoms with Gasteiger partial charge in [-0.3, -0.25) is 0 Å². The molecule has 2 N–H and O–H groups in total. The Morgan fingerprint density at radius 3 is 1.11 bits per heavy atom. The van der Waals surface area contributed by atoms with Gasteiger partial charge in [0.15, 0.2) is 0 Å². The number of hydrogen-bond acceptors (Lipinski definition) is 2. The minimum atomic E-state index is -1.63. The maximum Gasteiger partial charge on any atom is 0.489 e. The van der Waals surface area contributed by atoms with Gasteiger partial charge in [0.25, 0.3) is 0 Å². The molecule has 0 unspecified atom stereocenters. The van der Waals surface area contributed by atoms with Gasteiger partial charge in [0.05, 0.1) is 0 Å². The zero-order valence-electron chi connectivity index (χ0n) is 21.8. The Morgan fingerprint density at radius 1 is 0.405 bits per heavy atom. The first-order chi connectivity index (χ1) is 17.8. The lowest BCUT2D eigenvalue weighted by molar-refractivity contribution is 0.426. The second-order valence-corrected chi connectivity index (χ2v) is 9.98. The van der Waals surface area contributed by atoms with Crippen molar-refractivity contribution in [3.8, 4) is 44.5 Å². The van der Waals surface area contributed by atoms with Crippen molar-refractivity contribution in [2.75, 3.05) is 0 Å². The van der Waals surface area contributed by atoms with Crippen LogP contribution in [0.2, 0.25) is 0 Å². The third-order valence-electron chi connectivity index (χ3n) is 7.02. The highest BCUT2D eigenvalue weighted by atomic mass is 16.4. The van der Waals surface area contributed by atoms with E-state index in [0.717, 1.165) is 50.1 Å². The van der Waals surface area contributed by atoms with Gasteiger partial charge in [0.1, 0.15) is 0 Å². The monoisotopic (exact) mass is 482 g/mol. The predicted octanol–water partition coefficient (Wildman–Crippen LogP) is 7.27. The van der Waals surface area contributed by atoms with Crippen molar-refractivity contribution >= 4 is 12.6 Å². The van der Waals surface area contributed by atoms with Gasteiger partial charge in [-0.2, -0.15) is 0 Å². The molecule has 0 aliphatic carbocycles. The van der Waals surface area contributed by atoms with Crippen molar-refractivity contribution in [1.82, 2.24) is 0 Å². The zero-order chi connectivity index (χ0) is 26.1. The van der Waals surface area contributed by atoms with Crippen LogP contribution in [0.3, 0.4) is 0 Å². The molecule has 3 heteroatoms. The van der Waals surface area contributed by atoms with Gasteiger partial charge in [0.2, 0.25) is 0 Å². The third-order valence-corrected chi connectivity index (χ3v) is 7.02. The van der Waals surface area contributed by atoms with Crippen LogP contribution in [0.4, 0.5) is 0 Å². The van der Waals surface area contributed by atoms with Crippen LogP contribution in [0, 0.1) is 27.7 Å². The molecule has 37 heavy (non-hydrogen) atoms. The highest BCUT2D eigenvalue weighted by molar-refractivity contribution is 6.61. The van der Waals surface area contributed by atoms with E-state index in [0.29, 0.717) is 5.46 Å². The van der Waals surface area contributed by atoms with Crippen molar-refractivity contribution in [3.05, 3.63) is 125 Å². The second-order valence-electron chi connectivity index (χ2n) is 9.98. The van der Waals surface area contributed by atoms with Crippen LogP contribution in [0.15, 0.2) is 103 Å². The van der Waals surface area contributed by atoms with Crippen LogP contribution >= 0.6 is 0 Å². The highest BCUT2D eigenvalue weighted by Gasteiger charge is 2.27. The molecule has 2 nitrogen and oxygen atoms in total. The van der Waals surface area contributed by atoms with E-state index in [2.05, 4.69) is 125 Å². The molecule has 5 aromatic carbocycles. The van der Waals surface area contributed by atoms with Crippen molar-refractivity contribution in [2.24, 2.45) is 0 Å². The van der Waals surface area contributed by atoms with Gasteiger partial charge in [-0.25, -0.2) is 0 Å². The van der Waals surface area contributed by atoms with E-state index in [4.69, 9.17) is 0 Å². The Hall–Kier alpha value is -3.92. The minimum absolute atomic E-state index is 0.492. The molecule has 0 bridgehead atoms. The smallest absolute Gasteiger partial charge is 0.423 e. The number of aryl methyl sites for hydroxylation is 4. The summed E-state index contributed by atoms with van der Waals surface area (Å²) in [4.78, 5) is 0. The summed E-state index contributed by atoms with van der Waals surface area (Å²) in [5.74, 6) is 0. The Balaban J connectivity index is 1.98. The summed E-state index contributed by atoms with van der Waals surface area (Å²) in [5, 5.41) is 21.4. The summed E-state index contributed by atoms with van der Waals surface area (Å²) < 4.78 is 0. The average Bonchev–Trinajstić information content (AvgIpc) is 2.89. The Kier molecular flexibility index (Phi) is 6.84. The summed E-state index contributed by atoms with van der Waals surface area (Å²) in [7, 11) is -1.63. The fourth-order valence-corrected chi connectivity index (χ4v) is 4.93. The lowest BCUT2D eigenvalue weighted by atomic mass is 9.69. The van der Waals surface area contributed by atoms with Crippen LogP contribution in [-0.2, 0) is 0 Å². The molecule has 0 saturated heterocycles. The maximum atomic E-state index is 10.7. The molecular formula is C34H31BO2. The molecule has 0 heterocycles. The second kappa shape index (κ2) is 10.2. The molecular weight excluding hydrogens is 451 g/mol. The topological polar surface area (TPSA) is 40.5 Å². The first-order valence-corrected chi connectivity index (χ1v) is 12.7. The van der Waals surface area contributed by atoms with E-state index < -0.39 is 7.12 Å². The molecule has 0 spiro atoms. The van der Waals surface area contributed by atoms with Crippen molar-refractivity contribution in [1.29, 1.82) is 0 Å². The van der Waals surface area contributed by atoms with E-state index in [-0.39, 0.29) is 0 Å². The fraction of sp³-hybridized carbons (Fsp3) is 0.118. The van der Waals surface area contributed by atoms with Crippen molar-refractivity contribution < 1.29 is 10.0 Å². The maximum absolute atomic E-state index is 10.7. The van der Waals surface area contributed by atoms with E-state index in [1.807, 2.05) is 6.07 Å². The van der Waals surface area contributed by atoms with Crippen LogP contribution in [0.1, 0.15) is 22.3 Å². The van der Waals surface area contributed by atoms with Crippen molar-refractivity contribution in [3.63, 3.8) is 0 Å². The predicted molar refractivity (Wildman–Crippen MR) is 157 cm³/mol. The fourth-order valence-electron chi connectivity index (χ4n) is 4.93. The standard InChI is InChI=1S/C34H31BO2/c1-22-5-13-26(14-6-22)30-21-31(35(36)37)33(28-17-9-24(3)10-18-28)34(29-19-11-25(4)12-20-29)32(30)27-15-7-23(2)8-16-27/h5-21,36-37H,1-4H3. The first kappa shape index (κ1) is 24.8. The normalized spacial score (nSPS) is 11.0. The van der Waals surface area contributed by atoms with Gasteiger partial charge in [-0.1, -0.05) is 125 Å². The summed E-state index contributed by atoms with van der Waals surface area (Å²) in [6.07, 6.45) is 0. The molecule has 182 valence electrons. The molecule has 0 aliphatic heterocycles. The molecule has 0 aliphatic rings. The highest BCUT2D eigenvalue weighted by Crippen LogP contribution is 2.45. The Bertz CT molecular complexity index is 1530.